The van der Waals surface area contributed by atoms with E-state index in [2.05, 4.69) is 47.1 Å². The van der Waals surface area contributed by atoms with E-state index >= 15 is 0 Å². The highest BCUT2D eigenvalue weighted by Crippen LogP contribution is 2.16. The van der Waals surface area contributed by atoms with Gasteiger partial charge in [0.1, 0.15) is 0 Å². The van der Waals surface area contributed by atoms with Crippen molar-refractivity contribution in [3.63, 3.8) is 0 Å². The molecule has 0 radical (unpaired) electrons. The number of benzene rings is 1. The molecule has 0 saturated carbocycles. The van der Waals surface area contributed by atoms with Gasteiger partial charge in [0.05, 0.1) is 0 Å². The maximum Gasteiger partial charge on any atom is 0.0487 e. The molecular formula is C16H25BrO2. The van der Waals surface area contributed by atoms with E-state index in [9.17, 15) is 0 Å². The summed E-state index contributed by atoms with van der Waals surface area (Å²) in [5.74, 6) is 0.643. The molecule has 0 aliphatic heterocycles. The van der Waals surface area contributed by atoms with Crippen molar-refractivity contribution >= 4 is 15.9 Å². The molecule has 1 aromatic rings. The zero-order valence-corrected chi connectivity index (χ0v) is 13.6. The van der Waals surface area contributed by atoms with Gasteiger partial charge >= 0.3 is 0 Å². The van der Waals surface area contributed by atoms with Gasteiger partial charge in [0.2, 0.25) is 0 Å². The Morgan fingerprint density at radius 2 is 2.05 bits per heavy atom. The van der Waals surface area contributed by atoms with Crippen LogP contribution in [0.1, 0.15) is 24.0 Å². The van der Waals surface area contributed by atoms with Gasteiger partial charge in [-0.25, -0.2) is 0 Å². The maximum atomic E-state index is 5.63. The summed E-state index contributed by atoms with van der Waals surface area (Å²) in [6, 6.07) is 8.76. The van der Waals surface area contributed by atoms with Crippen LogP contribution in [-0.4, -0.2) is 32.3 Å². The second-order valence-corrected chi connectivity index (χ2v) is 5.61. The Morgan fingerprint density at radius 3 is 2.74 bits per heavy atom. The summed E-state index contributed by atoms with van der Waals surface area (Å²) in [5.41, 5.74) is 2.76. The molecule has 1 aromatic carbocycles. The summed E-state index contributed by atoms with van der Waals surface area (Å²) in [7, 11) is 1.72. The first-order chi connectivity index (χ1) is 9.26. The fourth-order valence-electron chi connectivity index (χ4n) is 2.06. The van der Waals surface area contributed by atoms with E-state index in [0.29, 0.717) is 5.92 Å². The van der Waals surface area contributed by atoms with Gasteiger partial charge in [-0.05, 0) is 37.7 Å². The maximum absolute atomic E-state index is 5.63. The molecule has 0 amide bonds. The number of halogens is 1. The van der Waals surface area contributed by atoms with Crippen LogP contribution in [0.2, 0.25) is 0 Å². The number of methoxy groups -OCH3 is 1. The van der Waals surface area contributed by atoms with Crippen LogP contribution in [-0.2, 0) is 15.9 Å². The molecule has 0 heterocycles. The quantitative estimate of drug-likeness (QED) is 0.477. The minimum Gasteiger partial charge on any atom is -0.385 e. The third kappa shape index (κ3) is 7.71. The molecule has 0 aliphatic carbocycles. The second kappa shape index (κ2) is 10.4. The van der Waals surface area contributed by atoms with Gasteiger partial charge in [-0.15, -0.1) is 0 Å². The first-order valence-electron chi connectivity index (χ1n) is 6.94. The second-order valence-electron chi connectivity index (χ2n) is 4.96. The summed E-state index contributed by atoms with van der Waals surface area (Å²) >= 11 is 3.61. The van der Waals surface area contributed by atoms with Crippen LogP contribution in [0, 0.1) is 12.8 Å². The number of aryl methyl sites for hydroxylation is 1. The SMILES string of the molecule is COCCCOCCC(CBr)Cc1cccc(C)c1. The van der Waals surface area contributed by atoms with Crippen molar-refractivity contribution in [2.24, 2.45) is 5.92 Å². The van der Waals surface area contributed by atoms with Crippen molar-refractivity contribution in [1.82, 2.24) is 0 Å². The van der Waals surface area contributed by atoms with Crippen LogP contribution < -0.4 is 0 Å². The summed E-state index contributed by atoms with van der Waals surface area (Å²) in [4.78, 5) is 0. The number of hydrogen-bond acceptors (Lipinski definition) is 2. The topological polar surface area (TPSA) is 18.5 Å². The fourth-order valence-corrected chi connectivity index (χ4v) is 2.62. The molecule has 3 heteroatoms. The molecule has 19 heavy (non-hydrogen) atoms. The van der Waals surface area contributed by atoms with Crippen LogP contribution in [0.4, 0.5) is 0 Å². The third-order valence-electron chi connectivity index (χ3n) is 3.13. The number of alkyl halides is 1. The monoisotopic (exact) mass is 328 g/mol. The molecule has 2 nitrogen and oxygen atoms in total. The molecule has 0 aliphatic rings. The van der Waals surface area contributed by atoms with E-state index in [1.54, 1.807) is 7.11 Å². The lowest BCUT2D eigenvalue weighted by molar-refractivity contribution is 0.0953. The van der Waals surface area contributed by atoms with Crippen molar-refractivity contribution in [1.29, 1.82) is 0 Å². The summed E-state index contributed by atoms with van der Waals surface area (Å²) in [6.07, 6.45) is 3.20. The molecule has 1 rings (SSSR count). The Balaban J connectivity index is 2.22. The van der Waals surface area contributed by atoms with Gasteiger partial charge in [-0.2, -0.15) is 0 Å². The molecule has 0 bridgehead atoms. The Hall–Kier alpha value is -0.380. The van der Waals surface area contributed by atoms with Gasteiger partial charge < -0.3 is 9.47 Å². The Kier molecular flexibility index (Phi) is 9.14. The summed E-state index contributed by atoms with van der Waals surface area (Å²) in [6.45, 7) is 4.57. The van der Waals surface area contributed by atoms with Crippen molar-refractivity contribution in [2.45, 2.75) is 26.2 Å². The van der Waals surface area contributed by atoms with Crippen LogP contribution in [0.5, 0.6) is 0 Å². The van der Waals surface area contributed by atoms with E-state index in [-0.39, 0.29) is 0 Å². The van der Waals surface area contributed by atoms with Crippen molar-refractivity contribution in [2.75, 3.05) is 32.3 Å². The predicted octanol–water partition coefficient (Wildman–Crippen LogP) is 3.99. The van der Waals surface area contributed by atoms with Gasteiger partial charge in [0.25, 0.3) is 0 Å². The number of rotatable bonds is 10. The van der Waals surface area contributed by atoms with Crippen molar-refractivity contribution < 1.29 is 9.47 Å². The molecule has 1 atom stereocenters. The first kappa shape index (κ1) is 16.7. The fraction of sp³-hybridized carbons (Fsp3) is 0.625. The molecule has 108 valence electrons. The Labute approximate surface area is 125 Å². The normalized spacial score (nSPS) is 12.6. The van der Waals surface area contributed by atoms with E-state index in [1.165, 1.54) is 11.1 Å². The van der Waals surface area contributed by atoms with Gasteiger partial charge in [-0.1, -0.05) is 45.8 Å². The third-order valence-corrected chi connectivity index (χ3v) is 4.05. The van der Waals surface area contributed by atoms with Crippen molar-refractivity contribution in [3.05, 3.63) is 35.4 Å². The molecule has 0 fully saturated rings. The minimum absolute atomic E-state index is 0.643. The molecule has 0 aromatic heterocycles. The zero-order chi connectivity index (χ0) is 13.9. The standard InChI is InChI=1S/C16H25BrO2/c1-14-5-3-6-15(11-14)12-16(13-17)7-10-19-9-4-8-18-2/h3,5-6,11,16H,4,7-10,12-13H2,1-2H3. The number of ether oxygens (including phenoxy) is 2. The Morgan fingerprint density at radius 1 is 1.21 bits per heavy atom. The molecular weight excluding hydrogens is 304 g/mol. The average Bonchev–Trinajstić information content (AvgIpc) is 2.41. The average molecular weight is 329 g/mol. The lowest BCUT2D eigenvalue weighted by Gasteiger charge is -2.14. The minimum atomic E-state index is 0.643. The highest BCUT2D eigenvalue weighted by atomic mass is 79.9. The number of hydrogen-bond donors (Lipinski definition) is 0. The summed E-state index contributed by atoms with van der Waals surface area (Å²) in [5, 5.41) is 1.03. The van der Waals surface area contributed by atoms with Crippen LogP contribution in [0.3, 0.4) is 0 Å². The lowest BCUT2D eigenvalue weighted by Crippen LogP contribution is -2.11. The molecule has 0 saturated heterocycles. The van der Waals surface area contributed by atoms with Crippen molar-refractivity contribution in [3.8, 4) is 0 Å². The van der Waals surface area contributed by atoms with Crippen LogP contribution in [0.15, 0.2) is 24.3 Å². The van der Waals surface area contributed by atoms with Gasteiger partial charge in [-0.3, -0.25) is 0 Å². The zero-order valence-electron chi connectivity index (χ0n) is 12.0. The first-order valence-corrected chi connectivity index (χ1v) is 8.06. The largest absolute Gasteiger partial charge is 0.385 e. The summed E-state index contributed by atoms with van der Waals surface area (Å²) < 4.78 is 10.6. The molecule has 0 spiro atoms. The van der Waals surface area contributed by atoms with Gasteiger partial charge in [0, 0.05) is 32.3 Å². The van der Waals surface area contributed by atoms with E-state index in [1.807, 2.05) is 0 Å². The van der Waals surface area contributed by atoms with E-state index < -0.39 is 0 Å². The highest BCUT2D eigenvalue weighted by Gasteiger charge is 2.08. The van der Waals surface area contributed by atoms with Crippen LogP contribution in [0.25, 0.3) is 0 Å². The van der Waals surface area contributed by atoms with Gasteiger partial charge in [0.15, 0.2) is 0 Å². The van der Waals surface area contributed by atoms with E-state index in [4.69, 9.17) is 9.47 Å². The highest BCUT2D eigenvalue weighted by molar-refractivity contribution is 9.09. The Bertz CT molecular complexity index is 341. The molecule has 1 unspecified atom stereocenters. The lowest BCUT2D eigenvalue weighted by atomic mass is 9.97. The van der Waals surface area contributed by atoms with E-state index in [0.717, 1.165) is 44.4 Å². The predicted molar refractivity (Wildman–Crippen MR) is 84.1 cm³/mol. The smallest absolute Gasteiger partial charge is 0.0487 e. The molecule has 0 N–H and O–H groups in total. The van der Waals surface area contributed by atoms with Crippen LogP contribution >= 0.6 is 15.9 Å².